The molecule has 0 aromatic heterocycles. The Kier molecular flexibility index (Phi) is 9.79. The van der Waals surface area contributed by atoms with Crippen molar-refractivity contribution in [1.29, 1.82) is 0 Å². The number of aliphatic hydroxyl groups excluding tert-OH is 2. The van der Waals surface area contributed by atoms with Crippen molar-refractivity contribution in [3.8, 4) is 0 Å². The molecule has 0 saturated heterocycles. The summed E-state index contributed by atoms with van der Waals surface area (Å²) in [7, 11) is -4.50. The molecular formula is C3H10KO6P. The summed E-state index contributed by atoms with van der Waals surface area (Å²) in [6.45, 7) is -1.15. The van der Waals surface area contributed by atoms with E-state index in [4.69, 9.17) is 20.0 Å². The number of hydrogen-bond acceptors (Lipinski definition) is 4. The molecule has 0 bridgehead atoms. The molecule has 0 aromatic rings. The van der Waals surface area contributed by atoms with Crippen LogP contribution in [0.1, 0.15) is 1.43 Å². The van der Waals surface area contributed by atoms with Crippen LogP contribution in [0.3, 0.4) is 0 Å². The molecule has 1 unspecified atom stereocenters. The minimum atomic E-state index is -4.50. The predicted octanol–water partition coefficient (Wildman–Crippen LogP) is -4.43. The predicted molar refractivity (Wildman–Crippen MR) is 32.2 cm³/mol. The van der Waals surface area contributed by atoms with Crippen LogP contribution in [0, 0.1) is 0 Å². The van der Waals surface area contributed by atoms with Gasteiger partial charge in [0.15, 0.2) is 0 Å². The van der Waals surface area contributed by atoms with Gasteiger partial charge in [-0.2, -0.15) is 0 Å². The zero-order valence-electron chi connectivity index (χ0n) is 7.04. The minimum Gasteiger partial charge on any atom is -1.00 e. The maximum Gasteiger partial charge on any atom is 1.00 e. The van der Waals surface area contributed by atoms with Crippen LogP contribution in [0.5, 0.6) is 0 Å². The molecule has 0 aliphatic carbocycles. The van der Waals surface area contributed by atoms with Gasteiger partial charge in [0.2, 0.25) is 0 Å². The Morgan fingerprint density at radius 1 is 1.55 bits per heavy atom. The molecule has 4 N–H and O–H groups in total. The van der Waals surface area contributed by atoms with Gasteiger partial charge in [-0.3, -0.25) is 4.52 Å². The van der Waals surface area contributed by atoms with E-state index in [1.54, 1.807) is 0 Å². The third-order valence-electron chi connectivity index (χ3n) is 0.646. The van der Waals surface area contributed by atoms with Gasteiger partial charge in [-0.15, -0.1) is 0 Å². The first kappa shape index (κ1) is 15.2. The third-order valence-corrected chi connectivity index (χ3v) is 1.13. The fourth-order valence-electron chi connectivity index (χ4n) is 0.236. The van der Waals surface area contributed by atoms with Gasteiger partial charge in [0, 0.05) is 0 Å². The van der Waals surface area contributed by atoms with Gasteiger partial charge in [-0.1, -0.05) is 0 Å². The molecule has 0 aliphatic heterocycles. The van der Waals surface area contributed by atoms with Gasteiger partial charge >= 0.3 is 59.2 Å². The van der Waals surface area contributed by atoms with Crippen molar-refractivity contribution in [3.05, 3.63) is 0 Å². The van der Waals surface area contributed by atoms with Crippen LogP contribution in [-0.2, 0) is 9.09 Å². The van der Waals surface area contributed by atoms with Crippen molar-refractivity contribution in [1.82, 2.24) is 0 Å². The van der Waals surface area contributed by atoms with Crippen LogP contribution in [-0.4, -0.2) is 39.3 Å². The van der Waals surface area contributed by atoms with Crippen LogP contribution in [0.2, 0.25) is 0 Å². The van der Waals surface area contributed by atoms with Crippen molar-refractivity contribution in [2.45, 2.75) is 6.10 Å². The van der Waals surface area contributed by atoms with E-state index in [1.807, 2.05) is 0 Å². The van der Waals surface area contributed by atoms with E-state index >= 15 is 0 Å². The molecule has 64 valence electrons. The van der Waals surface area contributed by atoms with E-state index in [1.165, 1.54) is 0 Å². The molecule has 11 heavy (non-hydrogen) atoms. The van der Waals surface area contributed by atoms with Gasteiger partial charge in [-0.25, -0.2) is 4.57 Å². The van der Waals surface area contributed by atoms with Gasteiger partial charge in [-0.05, 0) is 0 Å². The first-order chi connectivity index (χ1) is 4.45. The average molecular weight is 212 g/mol. The Morgan fingerprint density at radius 2 is 2.00 bits per heavy atom. The molecule has 8 heteroatoms. The molecule has 1 atom stereocenters. The standard InChI is InChI=1S/C3H9O6P.K.H/c4-1-3(5)2-9-10(6,7)8;;/h3-5H,1-2H2,(H2,6,7,8);;/q;+1;-1. The average Bonchev–Trinajstić information content (AvgIpc) is 1.81. The van der Waals surface area contributed by atoms with Gasteiger partial charge in [0.25, 0.3) is 0 Å². The number of phosphoric acid groups is 1. The van der Waals surface area contributed by atoms with Crippen molar-refractivity contribution in [2.24, 2.45) is 0 Å². The maximum atomic E-state index is 9.93. The molecule has 0 aliphatic rings. The summed E-state index contributed by atoms with van der Waals surface area (Å²) in [6, 6.07) is 0. The van der Waals surface area contributed by atoms with E-state index in [-0.39, 0.29) is 52.8 Å². The number of aliphatic hydroxyl groups is 2. The monoisotopic (exact) mass is 212 g/mol. The second-order valence-electron chi connectivity index (χ2n) is 1.62. The summed E-state index contributed by atoms with van der Waals surface area (Å²) in [5.41, 5.74) is 0. The summed E-state index contributed by atoms with van der Waals surface area (Å²) < 4.78 is 13.8. The summed E-state index contributed by atoms with van der Waals surface area (Å²) in [5, 5.41) is 16.7. The molecule has 6 nitrogen and oxygen atoms in total. The molecule has 0 rings (SSSR count). The number of rotatable bonds is 4. The fourth-order valence-corrected chi connectivity index (χ4v) is 0.602. The van der Waals surface area contributed by atoms with Crippen molar-refractivity contribution in [2.75, 3.05) is 13.2 Å². The second-order valence-corrected chi connectivity index (χ2v) is 2.86. The maximum absolute atomic E-state index is 9.93. The molecule has 0 fully saturated rings. The van der Waals surface area contributed by atoms with E-state index in [9.17, 15) is 4.57 Å². The van der Waals surface area contributed by atoms with Crippen LogP contribution in [0.4, 0.5) is 0 Å². The van der Waals surface area contributed by atoms with Gasteiger partial charge < -0.3 is 21.4 Å². The van der Waals surface area contributed by atoms with Gasteiger partial charge in [0.05, 0.1) is 13.2 Å². The van der Waals surface area contributed by atoms with E-state index in [0.717, 1.165) is 0 Å². The summed E-state index contributed by atoms with van der Waals surface area (Å²) >= 11 is 0. The van der Waals surface area contributed by atoms with Crippen LogP contribution in [0.15, 0.2) is 0 Å². The van der Waals surface area contributed by atoms with Crippen LogP contribution in [0.25, 0.3) is 0 Å². The van der Waals surface area contributed by atoms with E-state index in [2.05, 4.69) is 4.52 Å². The van der Waals surface area contributed by atoms with Crippen LogP contribution >= 0.6 is 7.82 Å². The fraction of sp³-hybridized carbons (Fsp3) is 1.00. The number of phosphoric ester groups is 1. The second kappa shape index (κ2) is 7.11. The zero-order chi connectivity index (χ0) is 8.20. The van der Waals surface area contributed by atoms with Crippen molar-refractivity contribution >= 4 is 7.82 Å². The van der Waals surface area contributed by atoms with E-state index < -0.39 is 27.1 Å². The summed E-state index contributed by atoms with van der Waals surface area (Å²) in [6.07, 6.45) is -1.24. The van der Waals surface area contributed by atoms with Crippen molar-refractivity contribution < 1.29 is 81.9 Å². The first-order valence-electron chi connectivity index (χ1n) is 2.44. The molecule has 0 saturated carbocycles. The minimum absolute atomic E-state index is 0. The molecular weight excluding hydrogens is 202 g/mol. The molecule has 0 radical (unpaired) electrons. The smallest absolute Gasteiger partial charge is 1.00 e. The zero-order valence-corrected chi connectivity index (χ0v) is 10.1. The largest absolute Gasteiger partial charge is 1.00 e. The molecule has 0 heterocycles. The summed E-state index contributed by atoms with van der Waals surface area (Å²) in [4.78, 5) is 16.1. The first-order valence-corrected chi connectivity index (χ1v) is 3.98. The normalized spacial score (nSPS) is 13.8. The Labute approximate surface area is 108 Å². The van der Waals surface area contributed by atoms with Crippen LogP contribution < -0.4 is 51.4 Å². The summed E-state index contributed by atoms with van der Waals surface area (Å²) in [5.74, 6) is 0. The number of hydrogen-bond donors (Lipinski definition) is 4. The Morgan fingerprint density at radius 3 is 2.27 bits per heavy atom. The van der Waals surface area contributed by atoms with Crippen molar-refractivity contribution in [3.63, 3.8) is 0 Å². The molecule has 0 aromatic carbocycles. The third kappa shape index (κ3) is 11.7. The molecule has 0 amide bonds. The Bertz CT molecular complexity index is 139. The Hall–Kier alpha value is 1.67. The molecule has 0 spiro atoms. The SMILES string of the molecule is O=P(O)(O)OCC(O)CO.[H-].[K+]. The Balaban J connectivity index is -0.000000405. The topological polar surface area (TPSA) is 107 Å². The van der Waals surface area contributed by atoms with E-state index in [0.29, 0.717) is 0 Å². The quantitative estimate of drug-likeness (QED) is 0.277. The van der Waals surface area contributed by atoms with Gasteiger partial charge in [0.1, 0.15) is 6.10 Å².